The molecule has 2 atom stereocenters. The van der Waals surface area contributed by atoms with Crippen molar-refractivity contribution in [1.82, 2.24) is 0 Å². The number of hydrogen-bond donors (Lipinski definition) is 3. The van der Waals surface area contributed by atoms with Crippen molar-refractivity contribution in [2.75, 3.05) is 0 Å². The maximum absolute atomic E-state index is 13.9. The highest BCUT2D eigenvalue weighted by Crippen LogP contribution is 2.55. The monoisotopic (exact) mass is 556 g/mol. The van der Waals surface area contributed by atoms with E-state index in [1.54, 1.807) is 0 Å². The molecule has 17 heteroatoms. The molecule has 0 spiro atoms. The van der Waals surface area contributed by atoms with Gasteiger partial charge in [-0.25, -0.2) is 0 Å². The van der Waals surface area contributed by atoms with Gasteiger partial charge in [0.05, 0.1) is 5.92 Å². The predicted molar refractivity (Wildman–Crippen MR) is 101 cm³/mol. The molecular formula is C18H25F9O7S. The number of alkyl halides is 9. The second-order valence-corrected chi connectivity index (χ2v) is 9.65. The highest BCUT2D eigenvalue weighted by Gasteiger charge is 2.81. The van der Waals surface area contributed by atoms with Crippen molar-refractivity contribution in [2.45, 2.75) is 93.4 Å². The minimum atomic E-state index is -7.27. The quantitative estimate of drug-likeness (QED) is 0.132. The van der Waals surface area contributed by atoms with Crippen LogP contribution >= 0.6 is 0 Å². The summed E-state index contributed by atoms with van der Waals surface area (Å²) in [5.41, 5.74) is 0. The summed E-state index contributed by atoms with van der Waals surface area (Å²) in [6.07, 6.45) is -11.0. The molecule has 0 aromatic carbocycles. The van der Waals surface area contributed by atoms with Crippen LogP contribution in [0, 0.1) is 5.92 Å². The van der Waals surface area contributed by atoms with E-state index < -0.39 is 82.3 Å². The summed E-state index contributed by atoms with van der Waals surface area (Å²) >= 11 is 0. The van der Waals surface area contributed by atoms with E-state index in [9.17, 15) is 72.3 Å². The van der Waals surface area contributed by atoms with Crippen molar-refractivity contribution in [1.29, 1.82) is 0 Å². The van der Waals surface area contributed by atoms with Gasteiger partial charge in [-0.2, -0.15) is 47.9 Å². The van der Waals surface area contributed by atoms with Crippen LogP contribution < -0.4 is 0 Å². The van der Waals surface area contributed by atoms with Crippen LogP contribution in [0.2, 0.25) is 0 Å². The van der Waals surface area contributed by atoms with Crippen LogP contribution in [0.5, 0.6) is 0 Å². The molecule has 0 heterocycles. The minimum Gasteiger partial charge on any atom is -0.481 e. The second-order valence-electron chi connectivity index (χ2n) is 7.97. The number of carboxylic acid groups (broad SMARTS) is 2. The maximum Gasteiger partial charge on any atom is 0.460 e. The van der Waals surface area contributed by atoms with Crippen molar-refractivity contribution in [3.63, 3.8) is 0 Å². The van der Waals surface area contributed by atoms with Crippen molar-refractivity contribution in [3.8, 4) is 0 Å². The number of carboxylic acids is 2. The van der Waals surface area contributed by atoms with E-state index in [-0.39, 0.29) is 6.42 Å². The second kappa shape index (κ2) is 11.5. The Kier molecular flexibility index (Phi) is 10.9. The molecule has 0 aliphatic heterocycles. The van der Waals surface area contributed by atoms with Crippen LogP contribution in [0.15, 0.2) is 0 Å². The number of halogens is 9. The lowest BCUT2D eigenvalue weighted by Crippen LogP contribution is -2.61. The summed E-state index contributed by atoms with van der Waals surface area (Å²) in [5, 5.41) is 18.7. The molecule has 208 valence electrons. The SMILES string of the molecule is CCCCCCCCC(C(=O)O)(C(CCC(F)(F)C(F)(F)C(F)(F)C(F)(F)F)C(=O)O)S(=O)(=O)O. The van der Waals surface area contributed by atoms with Crippen molar-refractivity contribution in [3.05, 3.63) is 0 Å². The van der Waals surface area contributed by atoms with Crippen LogP contribution in [-0.4, -0.2) is 63.8 Å². The first-order chi connectivity index (χ1) is 15.5. The molecule has 0 aliphatic carbocycles. The molecule has 0 bridgehead atoms. The average Bonchev–Trinajstić information content (AvgIpc) is 2.66. The van der Waals surface area contributed by atoms with Gasteiger partial charge >= 0.3 is 35.9 Å². The zero-order chi connectivity index (χ0) is 28.1. The molecule has 0 fully saturated rings. The van der Waals surface area contributed by atoms with Crippen molar-refractivity contribution in [2.24, 2.45) is 5.92 Å². The Labute approximate surface area is 194 Å². The lowest BCUT2D eigenvalue weighted by molar-refractivity contribution is -0.397. The third kappa shape index (κ3) is 6.92. The van der Waals surface area contributed by atoms with Crippen molar-refractivity contribution < 1.29 is 72.3 Å². The van der Waals surface area contributed by atoms with Gasteiger partial charge in [-0.05, 0) is 12.8 Å². The summed E-state index contributed by atoms with van der Waals surface area (Å²) in [4.78, 5) is 23.4. The van der Waals surface area contributed by atoms with Crippen LogP contribution in [0.3, 0.4) is 0 Å². The van der Waals surface area contributed by atoms with Gasteiger partial charge in [0.2, 0.25) is 4.75 Å². The summed E-state index contributed by atoms with van der Waals surface area (Å²) in [6.45, 7) is 1.84. The molecule has 0 rings (SSSR count). The van der Waals surface area contributed by atoms with Gasteiger partial charge in [0.25, 0.3) is 10.1 Å². The normalized spacial score (nSPS) is 16.5. The van der Waals surface area contributed by atoms with Crippen LogP contribution in [0.4, 0.5) is 39.5 Å². The molecule has 7 nitrogen and oxygen atoms in total. The Bertz CT molecular complexity index is 844. The van der Waals surface area contributed by atoms with E-state index in [1.807, 2.05) is 6.92 Å². The zero-order valence-electron chi connectivity index (χ0n) is 18.2. The van der Waals surface area contributed by atoms with Gasteiger partial charge in [0.1, 0.15) is 0 Å². The van der Waals surface area contributed by atoms with Gasteiger partial charge in [-0.15, -0.1) is 0 Å². The lowest BCUT2D eigenvalue weighted by atomic mass is 9.81. The van der Waals surface area contributed by atoms with Gasteiger partial charge in [0, 0.05) is 6.42 Å². The number of rotatable bonds is 16. The molecule has 0 aliphatic rings. The topological polar surface area (TPSA) is 129 Å². The fourth-order valence-electron chi connectivity index (χ4n) is 3.46. The van der Waals surface area contributed by atoms with Crippen LogP contribution in [0.1, 0.15) is 64.7 Å². The van der Waals surface area contributed by atoms with Gasteiger partial charge < -0.3 is 10.2 Å². The first kappa shape index (κ1) is 33.2. The first-order valence-electron chi connectivity index (χ1n) is 10.2. The Morgan fingerprint density at radius 3 is 1.60 bits per heavy atom. The maximum atomic E-state index is 13.9. The van der Waals surface area contributed by atoms with E-state index in [1.165, 1.54) is 0 Å². The Hall–Kier alpha value is -1.78. The van der Waals surface area contributed by atoms with E-state index >= 15 is 0 Å². The van der Waals surface area contributed by atoms with Gasteiger partial charge in [-0.3, -0.25) is 14.1 Å². The molecule has 0 aromatic rings. The minimum absolute atomic E-state index is 0.0862. The van der Waals surface area contributed by atoms with Gasteiger partial charge in [-0.1, -0.05) is 45.4 Å². The fraction of sp³-hybridized carbons (Fsp3) is 0.889. The Morgan fingerprint density at radius 2 is 1.23 bits per heavy atom. The highest BCUT2D eigenvalue weighted by molar-refractivity contribution is 7.88. The number of carbonyl (C=O) groups is 2. The third-order valence-electron chi connectivity index (χ3n) is 5.54. The molecule has 0 aromatic heterocycles. The van der Waals surface area contributed by atoms with E-state index in [4.69, 9.17) is 0 Å². The smallest absolute Gasteiger partial charge is 0.460 e. The largest absolute Gasteiger partial charge is 0.481 e. The third-order valence-corrected chi connectivity index (χ3v) is 7.13. The molecule has 35 heavy (non-hydrogen) atoms. The number of unbranched alkanes of at least 4 members (excludes halogenated alkanes) is 5. The summed E-state index contributed by atoms with van der Waals surface area (Å²) < 4.78 is 147. The molecule has 0 saturated heterocycles. The number of aliphatic carboxylic acids is 2. The fourth-order valence-corrected chi connectivity index (χ4v) is 4.66. The molecule has 0 radical (unpaired) electrons. The first-order valence-corrected chi connectivity index (χ1v) is 11.6. The van der Waals surface area contributed by atoms with E-state index in [2.05, 4.69) is 0 Å². The summed E-state index contributed by atoms with van der Waals surface area (Å²) in [6, 6.07) is 0. The van der Waals surface area contributed by atoms with Crippen molar-refractivity contribution >= 4 is 22.1 Å². The van der Waals surface area contributed by atoms with Crippen LogP contribution in [-0.2, 0) is 19.7 Å². The molecule has 0 amide bonds. The molecule has 2 unspecified atom stereocenters. The Morgan fingerprint density at radius 1 is 0.771 bits per heavy atom. The summed E-state index contributed by atoms with van der Waals surface area (Å²) in [5.74, 6) is -28.8. The van der Waals surface area contributed by atoms with Crippen LogP contribution in [0.25, 0.3) is 0 Å². The molecule has 3 N–H and O–H groups in total. The standard InChI is InChI=1S/C18H25F9O7S/c1-2-3-4-5-6-7-9-14(13(30)31,35(32,33)34)11(12(28)29)8-10-15(19,20)16(21,22)17(23,24)18(25,26)27/h11H,2-10H2,1H3,(H,28,29)(H,30,31)(H,32,33,34). The number of hydrogen-bond acceptors (Lipinski definition) is 4. The summed E-state index contributed by atoms with van der Waals surface area (Å²) in [7, 11) is -5.96. The van der Waals surface area contributed by atoms with E-state index in [0.717, 1.165) is 12.8 Å². The highest BCUT2D eigenvalue weighted by atomic mass is 32.2. The molecule has 0 saturated carbocycles. The molecular weight excluding hydrogens is 531 g/mol. The predicted octanol–water partition coefficient (Wildman–Crippen LogP) is 5.40. The Balaban J connectivity index is 6.19. The average molecular weight is 556 g/mol. The lowest BCUT2D eigenvalue weighted by Gasteiger charge is -2.36. The zero-order valence-corrected chi connectivity index (χ0v) is 19.0. The van der Waals surface area contributed by atoms with Gasteiger partial charge in [0.15, 0.2) is 0 Å². The van der Waals surface area contributed by atoms with E-state index in [0.29, 0.717) is 12.8 Å².